The van der Waals surface area contributed by atoms with Crippen molar-refractivity contribution in [3.05, 3.63) is 23.6 Å². The summed E-state index contributed by atoms with van der Waals surface area (Å²) in [5.41, 5.74) is 0.410. The molecule has 0 spiro atoms. The molecule has 0 radical (unpaired) electrons. The molecule has 1 saturated heterocycles. The zero-order chi connectivity index (χ0) is 16.5. The Bertz CT molecular complexity index is 509. The van der Waals surface area contributed by atoms with E-state index in [-0.39, 0.29) is 5.54 Å². The molecule has 6 heteroatoms. The van der Waals surface area contributed by atoms with Gasteiger partial charge in [-0.2, -0.15) is 0 Å². The molecule has 0 saturated carbocycles. The van der Waals surface area contributed by atoms with Gasteiger partial charge in [-0.15, -0.1) is 0 Å². The van der Waals surface area contributed by atoms with Gasteiger partial charge in [-0.05, 0) is 33.8 Å². The van der Waals surface area contributed by atoms with Gasteiger partial charge in [0.25, 0.3) is 0 Å². The molecule has 1 aliphatic heterocycles. The smallest absolute Gasteiger partial charge is 0.166 e. The van der Waals surface area contributed by atoms with Gasteiger partial charge in [0.2, 0.25) is 0 Å². The highest BCUT2D eigenvalue weighted by Crippen LogP contribution is 2.24. The molecule has 124 valence electrons. The Balaban J connectivity index is 2.08. The number of aromatic nitrogens is 1. The lowest BCUT2D eigenvalue weighted by Gasteiger charge is -2.42. The van der Waals surface area contributed by atoms with Crippen molar-refractivity contribution in [2.45, 2.75) is 45.4 Å². The summed E-state index contributed by atoms with van der Waals surface area (Å²) in [5, 5.41) is 19.1. The average Bonchev–Trinajstić information content (AvgIpc) is 2.45. The molecule has 1 aromatic heterocycles. The van der Waals surface area contributed by atoms with Crippen molar-refractivity contribution in [3.8, 4) is 0 Å². The van der Waals surface area contributed by atoms with Crippen molar-refractivity contribution >= 4 is 5.82 Å². The first-order chi connectivity index (χ1) is 10.2. The predicted molar refractivity (Wildman–Crippen MR) is 84.4 cm³/mol. The van der Waals surface area contributed by atoms with E-state index >= 15 is 0 Å². The first-order valence-electron chi connectivity index (χ1n) is 7.71. The third kappa shape index (κ3) is 3.74. The average molecular weight is 311 g/mol. The molecule has 0 bridgehead atoms. The summed E-state index contributed by atoms with van der Waals surface area (Å²) in [4.78, 5) is 8.45. The Morgan fingerprint density at radius 3 is 2.23 bits per heavy atom. The van der Waals surface area contributed by atoms with Crippen LogP contribution in [-0.4, -0.2) is 57.9 Å². The second kappa shape index (κ2) is 6.48. The van der Waals surface area contributed by atoms with E-state index in [0.29, 0.717) is 11.4 Å². The van der Waals surface area contributed by atoms with Crippen LogP contribution in [0.2, 0.25) is 0 Å². The Morgan fingerprint density at radius 1 is 1.18 bits per heavy atom. The van der Waals surface area contributed by atoms with E-state index in [9.17, 15) is 14.6 Å². The molecule has 1 aliphatic rings. The van der Waals surface area contributed by atoms with E-state index in [2.05, 4.69) is 30.7 Å². The van der Waals surface area contributed by atoms with E-state index in [0.717, 1.165) is 26.2 Å². The van der Waals surface area contributed by atoms with E-state index < -0.39 is 18.0 Å². The maximum Gasteiger partial charge on any atom is 0.166 e. The maximum absolute atomic E-state index is 14.3. The first-order valence-corrected chi connectivity index (χ1v) is 7.71. The number of pyridine rings is 1. The van der Waals surface area contributed by atoms with Crippen molar-refractivity contribution < 1.29 is 14.6 Å². The molecule has 1 fully saturated rings. The fourth-order valence-corrected chi connectivity index (χ4v) is 2.71. The molecule has 2 N–H and O–H groups in total. The van der Waals surface area contributed by atoms with Crippen LogP contribution in [0.15, 0.2) is 12.3 Å². The first kappa shape index (κ1) is 17.1. The van der Waals surface area contributed by atoms with Gasteiger partial charge >= 0.3 is 0 Å². The minimum Gasteiger partial charge on any atom is -0.390 e. The van der Waals surface area contributed by atoms with E-state index in [1.165, 1.54) is 19.2 Å². The molecule has 2 atom stereocenters. The Hall–Kier alpha value is -1.24. The number of rotatable bonds is 3. The van der Waals surface area contributed by atoms with Crippen molar-refractivity contribution in [1.29, 1.82) is 0 Å². The molecular weight excluding hydrogens is 285 g/mol. The van der Waals surface area contributed by atoms with Crippen LogP contribution < -0.4 is 4.90 Å². The van der Waals surface area contributed by atoms with Crippen LogP contribution >= 0.6 is 0 Å². The number of aliphatic hydroxyl groups is 2. The standard InChI is InChI=1S/C16H26FN3O2/c1-11(21)14(22)12-9-13(17)15(18-10-12)19-5-7-20(8-6-19)16(2,3)4/h9-11,14,21-22H,5-8H2,1-4H3/t11-,14+/m0/s1. The van der Waals surface area contributed by atoms with Gasteiger partial charge in [0.05, 0.1) is 6.10 Å². The number of anilines is 1. The zero-order valence-corrected chi connectivity index (χ0v) is 13.8. The quantitative estimate of drug-likeness (QED) is 0.887. The molecule has 0 aromatic carbocycles. The van der Waals surface area contributed by atoms with Crippen LogP contribution in [0.4, 0.5) is 10.2 Å². The fourth-order valence-electron chi connectivity index (χ4n) is 2.71. The van der Waals surface area contributed by atoms with E-state index in [1.54, 1.807) is 0 Å². The molecule has 5 nitrogen and oxygen atoms in total. The highest BCUT2D eigenvalue weighted by atomic mass is 19.1. The monoisotopic (exact) mass is 311 g/mol. The normalized spacial score (nSPS) is 20.0. The van der Waals surface area contributed by atoms with Gasteiger partial charge in [-0.25, -0.2) is 9.37 Å². The molecule has 2 rings (SSSR count). The predicted octanol–water partition coefficient (Wildman–Crippen LogP) is 1.56. The second-order valence-corrected chi connectivity index (χ2v) is 6.90. The van der Waals surface area contributed by atoms with Gasteiger partial charge < -0.3 is 15.1 Å². The van der Waals surface area contributed by atoms with Crippen LogP contribution in [-0.2, 0) is 0 Å². The van der Waals surface area contributed by atoms with Gasteiger partial charge in [0, 0.05) is 43.5 Å². The number of piperazine rings is 1. The van der Waals surface area contributed by atoms with Crippen molar-refractivity contribution in [2.75, 3.05) is 31.1 Å². The summed E-state index contributed by atoms with van der Waals surface area (Å²) < 4.78 is 14.3. The fraction of sp³-hybridized carbons (Fsp3) is 0.688. The largest absolute Gasteiger partial charge is 0.390 e. The topological polar surface area (TPSA) is 59.8 Å². The highest BCUT2D eigenvalue weighted by molar-refractivity contribution is 5.42. The van der Waals surface area contributed by atoms with Gasteiger partial charge in [0.1, 0.15) is 6.10 Å². The van der Waals surface area contributed by atoms with Crippen molar-refractivity contribution in [2.24, 2.45) is 0 Å². The molecule has 0 aliphatic carbocycles. The summed E-state index contributed by atoms with van der Waals surface area (Å²) in [6, 6.07) is 1.26. The molecule has 1 aromatic rings. The third-order valence-electron chi connectivity index (χ3n) is 4.17. The number of hydrogen-bond acceptors (Lipinski definition) is 5. The van der Waals surface area contributed by atoms with Crippen LogP contribution in [0.25, 0.3) is 0 Å². The van der Waals surface area contributed by atoms with Gasteiger partial charge in [0.15, 0.2) is 11.6 Å². The lowest BCUT2D eigenvalue weighted by Crippen LogP contribution is -2.53. The molecule has 22 heavy (non-hydrogen) atoms. The number of hydrogen-bond donors (Lipinski definition) is 2. The summed E-state index contributed by atoms with van der Waals surface area (Å²) >= 11 is 0. The van der Waals surface area contributed by atoms with Crippen LogP contribution in [0.1, 0.15) is 39.4 Å². The Labute approximate surface area is 131 Å². The summed E-state index contributed by atoms with van der Waals surface area (Å²) in [7, 11) is 0. The Kier molecular flexibility index (Phi) is 5.04. The van der Waals surface area contributed by atoms with Crippen molar-refractivity contribution in [3.63, 3.8) is 0 Å². The summed E-state index contributed by atoms with van der Waals surface area (Å²) in [5.74, 6) is -0.142. The number of aliphatic hydroxyl groups excluding tert-OH is 2. The summed E-state index contributed by atoms with van der Waals surface area (Å²) in [6.07, 6.45) is -0.637. The van der Waals surface area contributed by atoms with Gasteiger partial charge in [-0.1, -0.05) is 0 Å². The molecule has 2 heterocycles. The van der Waals surface area contributed by atoms with Gasteiger partial charge in [-0.3, -0.25) is 4.90 Å². The molecule has 0 amide bonds. The lowest BCUT2D eigenvalue weighted by atomic mass is 10.0. The van der Waals surface area contributed by atoms with E-state index in [4.69, 9.17) is 0 Å². The third-order valence-corrected chi connectivity index (χ3v) is 4.17. The van der Waals surface area contributed by atoms with E-state index in [1.807, 2.05) is 4.90 Å². The second-order valence-electron chi connectivity index (χ2n) is 6.90. The minimum absolute atomic E-state index is 0.114. The molecule has 0 unspecified atom stereocenters. The highest BCUT2D eigenvalue weighted by Gasteiger charge is 2.27. The maximum atomic E-state index is 14.3. The van der Waals surface area contributed by atoms with Crippen molar-refractivity contribution in [1.82, 2.24) is 9.88 Å². The minimum atomic E-state index is -1.12. The summed E-state index contributed by atoms with van der Waals surface area (Å²) in [6.45, 7) is 11.2. The Morgan fingerprint density at radius 2 is 1.77 bits per heavy atom. The zero-order valence-electron chi connectivity index (χ0n) is 13.8. The van der Waals surface area contributed by atoms with Crippen LogP contribution in [0, 0.1) is 5.82 Å². The number of halogens is 1. The molecular formula is C16H26FN3O2. The number of nitrogens with zero attached hydrogens (tertiary/aromatic N) is 3. The SMILES string of the molecule is C[C@H](O)[C@@H](O)c1cnc(N2CCN(C(C)(C)C)CC2)c(F)c1. The lowest BCUT2D eigenvalue weighted by molar-refractivity contribution is 0.0301. The van der Waals surface area contributed by atoms with Crippen LogP contribution in [0.5, 0.6) is 0 Å². The van der Waals surface area contributed by atoms with Crippen LogP contribution in [0.3, 0.4) is 0 Å².